The second kappa shape index (κ2) is 5.41. The first-order valence-corrected chi connectivity index (χ1v) is 7.19. The summed E-state index contributed by atoms with van der Waals surface area (Å²) in [7, 11) is 0. The van der Waals surface area contributed by atoms with Gasteiger partial charge in [-0.3, -0.25) is 4.90 Å². The van der Waals surface area contributed by atoms with Gasteiger partial charge in [-0.25, -0.2) is 4.98 Å². The maximum atomic E-state index is 5.38. The van der Waals surface area contributed by atoms with Crippen LogP contribution in [-0.2, 0) is 17.7 Å². The van der Waals surface area contributed by atoms with Gasteiger partial charge < -0.3 is 9.30 Å². The number of morpholine rings is 1. The number of imidazole rings is 1. The molecule has 0 spiro atoms. The first kappa shape index (κ1) is 12.2. The molecule has 1 aromatic rings. The van der Waals surface area contributed by atoms with Gasteiger partial charge in [0.15, 0.2) is 0 Å². The van der Waals surface area contributed by atoms with Gasteiger partial charge in [-0.15, -0.1) is 0 Å². The zero-order valence-corrected chi connectivity index (χ0v) is 11.3. The minimum absolute atomic E-state index is 0.684. The molecule has 2 aliphatic rings. The van der Waals surface area contributed by atoms with Gasteiger partial charge in [-0.2, -0.15) is 0 Å². The van der Waals surface area contributed by atoms with Crippen molar-refractivity contribution in [2.75, 3.05) is 32.8 Å². The Kier molecular flexibility index (Phi) is 3.66. The third kappa shape index (κ3) is 2.45. The molecule has 0 saturated carbocycles. The van der Waals surface area contributed by atoms with Crippen molar-refractivity contribution >= 4 is 0 Å². The van der Waals surface area contributed by atoms with Gasteiger partial charge >= 0.3 is 0 Å². The molecule has 1 unspecified atom stereocenters. The molecule has 100 valence electrons. The van der Waals surface area contributed by atoms with Crippen LogP contribution in [-0.4, -0.2) is 47.3 Å². The molecule has 0 N–H and O–H groups in total. The molecule has 3 rings (SSSR count). The maximum Gasteiger partial charge on any atom is 0.110 e. The van der Waals surface area contributed by atoms with Crippen molar-refractivity contribution in [2.45, 2.75) is 38.6 Å². The normalized spacial score (nSPS) is 25.1. The molecule has 0 bridgehead atoms. The number of rotatable bonds is 3. The Morgan fingerprint density at radius 3 is 3.00 bits per heavy atom. The lowest BCUT2D eigenvalue weighted by atomic mass is 9.99. The standard InChI is InChI=1S/C14H23N3O/c1-12-3-2-5-17-13(12)11-15-14(17)4-6-16-7-9-18-10-8-16/h11-12H,2-10H2,1H3. The molecule has 4 heteroatoms. The van der Waals surface area contributed by atoms with Crippen molar-refractivity contribution < 1.29 is 4.74 Å². The monoisotopic (exact) mass is 249 g/mol. The summed E-state index contributed by atoms with van der Waals surface area (Å²) in [6.45, 7) is 8.52. The van der Waals surface area contributed by atoms with E-state index < -0.39 is 0 Å². The van der Waals surface area contributed by atoms with Crippen LogP contribution in [0.15, 0.2) is 6.20 Å². The van der Waals surface area contributed by atoms with E-state index in [1.807, 2.05) is 0 Å². The summed E-state index contributed by atoms with van der Waals surface area (Å²) >= 11 is 0. The first-order valence-electron chi connectivity index (χ1n) is 7.19. The maximum absolute atomic E-state index is 5.38. The summed E-state index contributed by atoms with van der Waals surface area (Å²) in [6, 6.07) is 0. The van der Waals surface area contributed by atoms with Crippen molar-refractivity contribution in [1.82, 2.24) is 14.5 Å². The van der Waals surface area contributed by atoms with Crippen LogP contribution < -0.4 is 0 Å². The second-order valence-corrected chi connectivity index (χ2v) is 5.50. The second-order valence-electron chi connectivity index (χ2n) is 5.50. The van der Waals surface area contributed by atoms with Crippen molar-refractivity contribution in [3.63, 3.8) is 0 Å². The molecule has 0 radical (unpaired) electrons. The van der Waals surface area contributed by atoms with E-state index in [2.05, 4.69) is 27.6 Å². The van der Waals surface area contributed by atoms with E-state index in [9.17, 15) is 0 Å². The fraction of sp³-hybridized carbons (Fsp3) is 0.786. The minimum atomic E-state index is 0.684. The number of hydrogen-bond donors (Lipinski definition) is 0. The fourth-order valence-corrected chi connectivity index (χ4v) is 3.07. The molecule has 0 aliphatic carbocycles. The third-order valence-corrected chi connectivity index (χ3v) is 4.25. The molecule has 1 atom stereocenters. The lowest BCUT2D eigenvalue weighted by Crippen LogP contribution is -2.37. The van der Waals surface area contributed by atoms with Crippen molar-refractivity contribution in [3.8, 4) is 0 Å². The Bertz CT molecular complexity index is 396. The van der Waals surface area contributed by atoms with Crippen LogP contribution in [0.25, 0.3) is 0 Å². The van der Waals surface area contributed by atoms with Crippen LogP contribution in [0.5, 0.6) is 0 Å². The Labute approximate surface area is 109 Å². The predicted molar refractivity (Wildman–Crippen MR) is 70.8 cm³/mol. The van der Waals surface area contributed by atoms with Crippen molar-refractivity contribution in [3.05, 3.63) is 17.7 Å². The molecular weight excluding hydrogens is 226 g/mol. The molecule has 1 fully saturated rings. The van der Waals surface area contributed by atoms with Crippen LogP contribution in [0, 0.1) is 0 Å². The molecule has 0 aromatic carbocycles. The molecule has 1 saturated heterocycles. The quantitative estimate of drug-likeness (QED) is 0.816. The van der Waals surface area contributed by atoms with E-state index in [0.29, 0.717) is 5.92 Å². The van der Waals surface area contributed by atoms with Crippen LogP contribution in [0.1, 0.15) is 37.2 Å². The zero-order valence-electron chi connectivity index (χ0n) is 11.3. The Balaban J connectivity index is 1.62. The summed E-state index contributed by atoms with van der Waals surface area (Å²) in [5.74, 6) is 1.96. The molecule has 0 amide bonds. The Morgan fingerprint density at radius 1 is 1.33 bits per heavy atom. The summed E-state index contributed by atoms with van der Waals surface area (Å²) in [4.78, 5) is 7.12. The molecule has 2 aliphatic heterocycles. The summed E-state index contributed by atoms with van der Waals surface area (Å²) in [6.07, 6.45) is 5.79. The zero-order chi connectivity index (χ0) is 12.4. The molecular formula is C14H23N3O. The highest BCUT2D eigenvalue weighted by Crippen LogP contribution is 2.27. The van der Waals surface area contributed by atoms with Gasteiger partial charge in [0.05, 0.1) is 13.2 Å². The Hall–Kier alpha value is -0.870. The van der Waals surface area contributed by atoms with Gasteiger partial charge in [0.2, 0.25) is 0 Å². The van der Waals surface area contributed by atoms with Crippen LogP contribution in [0.3, 0.4) is 0 Å². The lowest BCUT2D eigenvalue weighted by molar-refractivity contribution is 0.0381. The van der Waals surface area contributed by atoms with Gasteiger partial charge in [-0.05, 0) is 18.8 Å². The van der Waals surface area contributed by atoms with Crippen LogP contribution in [0.4, 0.5) is 0 Å². The molecule has 1 aromatic heterocycles. The van der Waals surface area contributed by atoms with Gasteiger partial charge in [0.25, 0.3) is 0 Å². The highest BCUT2D eigenvalue weighted by atomic mass is 16.5. The summed E-state index contributed by atoms with van der Waals surface area (Å²) in [5, 5.41) is 0. The fourth-order valence-electron chi connectivity index (χ4n) is 3.07. The largest absolute Gasteiger partial charge is 0.379 e. The van der Waals surface area contributed by atoms with Gasteiger partial charge in [0, 0.05) is 44.5 Å². The van der Waals surface area contributed by atoms with Crippen LogP contribution in [0.2, 0.25) is 0 Å². The number of aromatic nitrogens is 2. The lowest BCUT2D eigenvalue weighted by Gasteiger charge is -2.27. The van der Waals surface area contributed by atoms with Gasteiger partial charge in [-0.1, -0.05) is 6.92 Å². The molecule has 18 heavy (non-hydrogen) atoms. The smallest absolute Gasteiger partial charge is 0.110 e. The first-order chi connectivity index (χ1) is 8.84. The van der Waals surface area contributed by atoms with Gasteiger partial charge in [0.1, 0.15) is 5.82 Å². The highest BCUT2D eigenvalue weighted by Gasteiger charge is 2.20. The number of hydrogen-bond acceptors (Lipinski definition) is 3. The van der Waals surface area contributed by atoms with E-state index in [4.69, 9.17) is 4.74 Å². The Morgan fingerprint density at radius 2 is 2.17 bits per heavy atom. The summed E-state index contributed by atoms with van der Waals surface area (Å²) in [5.41, 5.74) is 1.44. The van der Waals surface area contributed by atoms with E-state index in [-0.39, 0.29) is 0 Å². The van der Waals surface area contributed by atoms with Crippen molar-refractivity contribution in [1.29, 1.82) is 0 Å². The minimum Gasteiger partial charge on any atom is -0.379 e. The third-order valence-electron chi connectivity index (χ3n) is 4.25. The molecule has 4 nitrogen and oxygen atoms in total. The highest BCUT2D eigenvalue weighted by molar-refractivity contribution is 5.12. The summed E-state index contributed by atoms with van der Waals surface area (Å²) < 4.78 is 7.83. The van der Waals surface area contributed by atoms with E-state index in [1.165, 1.54) is 24.4 Å². The van der Waals surface area contributed by atoms with Crippen molar-refractivity contribution in [2.24, 2.45) is 0 Å². The van der Waals surface area contributed by atoms with E-state index in [0.717, 1.165) is 45.8 Å². The average molecular weight is 249 g/mol. The van der Waals surface area contributed by atoms with Crippen LogP contribution >= 0.6 is 0 Å². The molecule has 3 heterocycles. The van der Waals surface area contributed by atoms with E-state index in [1.54, 1.807) is 0 Å². The topological polar surface area (TPSA) is 30.3 Å². The number of ether oxygens (including phenoxy) is 1. The predicted octanol–water partition coefficient (Wildman–Crippen LogP) is 1.66. The van der Waals surface area contributed by atoms with E-state index >= 15 is 0 Å². The number of nitrogens with zero attached hydrogens (tertiary/aromatic N) is 3. The SMILES string of the molecule is CC1CCCn2c1cnc2CCN1CCOCC1. The number of fused-ring (bicyclic) bond motifs is 1. The average Bonchev–Trinajstić information content (AvgIpc) is 2.82.